The van der Waals surface area contributed by atoms with E-state index in [9.17, 15) is 0 Å². The number of hydrogen-bond acceptors (Lipinski definition) is 3. The number of oxime groups is 1. The van der Waals surface area contributed by atoms with Crippen LogP contribution in [-0.2, 0) is 11.3 Å². The Morgan fingerprint density at radius 2 is 2.46 bits per heavy atom. The molecule has 0 aliphatic rings. The molecular weight excluding hydrogens is 166 g/mol. The molecule has 0 aromatic carbocycles. The highest BCUT2D eigenvalue weighted by Crippen LogP contribution is 2.10. The molecular formula is C10H15NO2. The average Bonchev–Trinajstić information content (AvgIpc) is 2.57. The minimum absolute atomic E-state index is 0.353. The van der Waals surface area contributed by atoms with Crippen LogP contribution in [0.1, 0.15) is 19.6 Å². The normalized spacial score (nSPS) is 14.2. The summed E-state index contributed by atoms with van der Waals surface area (Å²) in [6.07, 6.45) is 2.55. The van der Waals surface area contributed by atoms with E-state index < -0.39 is 0 Å². The number of hydrogen-bond donors (Lipinski definition) is 0. The number of furan rings is 1. The minimum atomic E-state index is 0.353. The second-order valence-corrected chi connectivity index (χ2v) is 3.10. The first-order chi connectivity index (χ1) is 6.24. The van der Waals surface area contributed by atoms with Gasteiger partial charge in [0.15, 0.2) is 0 Å². The van der Waals surface area contributed by atoms with E-state index in [1.807, 2.05) is 19.1 Å². The minimum Gasteiger partial charge on any atom is -0.469 e. The molecule has 0 spiro atoms. The number of nitrogens with zero attached hydrogens (tertiary/aromatic N) is 1. The maximum absolute atomic E-state index is 5.24. The van der Waals surface area contributed by atoms with Crippen LogP contribution >= 0.6 is 0 Å². The summed E-state index contributed by atoms with van der Waals surface area (Å²) >= 11 is 0. The van der Waals surface area contributed by atoms with Crippen LogP contribution in [0.25, 0.3) is 0 Å². The first-order valence-corrected chi connectivity index (χ1v) is 4.34. The van der Waals surface area contributed by atoms with Crippen molar-refractivity contribution in [2.45, 2.75) is 20.3 Å². The molecule has 0 amide bonds. The van der Waals surface area contributed by atoms with Crippen molar-refractivity contribution in [1.29, 1.82) is 0 Å². The molecule has 1 atom stereocenters. The Morgan fingerprint density at radius 1 is 1.69 bits per heavy atom. The fraction of sp³-hybridized carbons (Fsp3) is 0.500. The summed E-state index contributed by atoms with van der Waals surface area (Å²) in [4.78, 5) is 4.70. The highest BCUT2D eigenvalue weighted by atomic mass is 16.6. The summed E-state index contributed by atoms with van der Waals surface area (Å²) in [7, 11) is 1.56. The van der Waals surface area contributed by atoms with Crippen molar-refractivity contribution < 1.29 is 9.25 Å². The molecule has 3 heteroatoms. The molecule has 3 nitrogen and oxygen atoms in total. The van der Waals surface area contributed by atoms with Crippen molar-refractivity contribution in [2.75, 3.05) is 7.11 Å². The second kappa shape index (κ2) is 4.70. The number of rotatable bonds is 4. The molecule has 1 rings (SSSR count). The van der Waals surface area contributed by atoms with Gasteiger partial charge in [0.1, 0.15) is 12.9 Å². The van der Waals surface area contributed by atoms with E-state index in [1.54, 1.807) is 13.4 Å². The third-order valence-corrected chi connectivity index (χ3v) is 2.04. The van der Waals surface area contributed by atoms with Gasteiger partial charge in [0.05, 0.1) is 12.0 Å². The van der Waals surface area contributed by atoms with Crippen molar-refractivity contribution in [2.24, 2.45) is 11.1 Å². The van der Waals surface area contributed by atoms with Crippen LogP contribution in [0.3, 0.4) is 0 Å². The maximum atomic E-state index is 5.24. The Bertz CT molecular complexity index is 264. The van der Waals surface area contributed by atoms with E-state index in [0.29, 0.717) is 5.92 Å². The molecule has 0 fully saturated rings. The summed E-state index contributed by atoms with van der Waals surface area (Å²) in [5.74, 6) is 1.34. The summed E-state index contributed by atoms with van der Waals surface area (Å²) in [6.45, 7) is 4.05. The van der Waals surface area contributed by atoms with Gasteiger partial charge in [-0.25, -0.2) is 0 Å². The van der Waals surface area contributed by atoms with Crippen LogP contribution in [0.5, 0.6) is 0 Å². The van der Waals surface area contributed by atoms with Gasteiger partial charge < -0.3 is 9.25 Å². The van der Waals surface area contributed by atoms with Gasteiger partial charge in [-0.3, -0.25) is 0 Å². The second-order valence-electron chi connectivity index (χ2n) is 3.10. The molecule has 1 aromatic rings. The Kier molecular flexibility index (Phi) is 3.55. The molecule has 0 aliphatic carbocycles. The van der Waals surface area contributed by atoms with E-state index in [4.69, 9.17) is 9.25 Å². The average molecular weight is 181 g/mol. The van der Waals surface area contributed by atoms with E-state index in [2.05, 4.69) is 12.1 Å². The Labute approximate surface area is 78.4 Å². The lowest BCUT2D eigenvalue weighted by molar-refractivity contribution is 0.211. The van der Waals surface area contributed by atoms with Crippen LogP contribution in [0, 0.1) is 5.92 Å². The van der Waals surface area contributed by atoms with Gasteiger partial charge in [-0.2, -0.15) is 0 Å². The Balaban J connectivity index is 2.50. The van der Waals surface area contributed by atoms with Crippen molar-refractivity contribution >= 4 is 5.71 Å². The maximum Gasteiger partial charge on any atom is 0.106 e. The molecule has 1 aromatic heterocycles. The lowest BCUT2D eigenvalue weighted by Gasteiger charge is -2.07. The van der Waals surface area contributed by atoms with Gasteiger partial charge in [-0.15, -0.1) is 0 Å². The van der Waals surface area contributed by atoms with Crippen molar-refractivity contribution in [1.82, 2.24) is 0 Å². The van der Waals surface area contributed by atoms with Crippen LogP contribution in [0.4, 0.5) is 0 Å². The molecule has 0 saturated heterocycles. The Hall–Kier alpha value is -1.25. The highest BCUT2D eigenvalue weighted by molar-refractivity contribution is 5.83. The fourth-order valence-corrected chi connectivity index (χ4v) is 1.11. The molecule has 0 radical (unpaired) electrons. The summed E-state index contributed by atoms with van der Waals surface area (Å²) in [5.41, 5.74) is 0.985. The predicted octanol–water partition coefficient (Wildman–Crippen LogP) is 2.48. The van der Waals surface area contributed by atoms with Crippen LogP contribution < -0.4 is 0 Å². The molecule has 13 heavy (non-hydrogen) atoms. The first kappa shape index (κ1) is 9.84. The lowest BCUT2D eigenvalue weighted by Crippen LogP contribution is -2.10. The molecule has 0 N–H and O–H groups in total. The van der Waals surface area contributed by atoms with E-state index >= 15 is 0 Å². The fourth-order valence-electron chi connectivity index (χ4n) is 1.11. The van der Waals surface area contributed by atoms with E-state index in [1.165, 1.54) is 0 Å². The van der Waals surface area contributed by atoms with Gasteiger partial charge in [0, 0.05) is 12.3 Å². The van der Waals surface area contributed by atoms with Crippen molar-refractivity contribution in [3.8, 4) is 0 Å². The monoisotopic (exact) mass is 181 g/mol. The van der Waals surface area contributed by atoms with Crippen LogP contribution in [0.2, 0.25) is 0 Å². The molecule has 72 valence electrons. The zero-order valence-corrected chi connectivity index (χ0v) is 8.28. The zero-order valence-electron chi connectivity index (χ0n) is 8.28. The predicted molar refractivity (Wildman–Crippen MR) is 51.7 cm³/mol. The van der Waals surface area contributed by atoms with E-state index in [-0.39, 0.29) is 0 Å². The third-order valence-electron chi connectivity index (χ3n) is 2.04. The van der Waals surface area contributed by atoms with Gasteiger partial charge >= 0.3 is 0 Å². The van der Waals surface area contributed by atoms with Gasteiger partial charge in [0.25, 0.3) is 0 Å². The molecule has 0 saturated carbocycles. The summed E-state index contributed by atoms with van der Waals surface area (Å²) < 4.78 is 5.24. The summed E-state index contributed by atoms with van der Waals surface area (Å²) in [6, 6.07) is 3.86. The smallest absolute Gasteiger partial charge is 0.106 e. The summed E-state index contributed by atoms with van der Waals surface area (Å²) in [5, 5.41) is 3.88. The molecule has 1 unspecified atom stereocenters. The molecule has 0 bridgehead atoms. The zero-order chi connectivity index (χ0) is 9.68. The SMILES string of the molecule is CON=C(C)C(C)Cc1ccco1. The standard InChI is InChI=1S/C10H15NO2/c1-8(9(2)11-12-3)7-10-5-4-6-13-10/h4-6,8H,7H2,1-3H3. The van der Waals surface area contributed by atoms with E-state index in [0.717, 1.165) is 17.9 Å². The highest BCUT2D eigenvalue weighted by Gasteiger charge is 2.09. The van der Waals surface area contributed by atoms with Crippen LogP contribution in [0.15, 0.2) is 28.0 Å². The quantitative estimate of drug-likeness (QED) is 0.528. The molecule has 1 heterocycles. The third kappa shape index (κ3) is 2.93. The first-order valence-electron chi connectivity index (χ1n) is 4.34. The van der Waals surface area contributed by atoms with Gasteiger partial charge in [0.2, 0.25) is 0 Å². The lowest BCUT2D eigenvalue weighted by atomic mass is 10.0. The van der Waals surface area contributed by atoms with Crippen molar-refractivity contribution in [3.05, 3.63) is 24.2 Å². The van der Waals surface area contributed by atoms with Gasteiger partial charge in [-0.1, -0.05) is 12.1 Å². The van der Waals surface area contributed by atoms with Crippen LogP contribution in [-0.4, -0.2) is 12.8 Å². The van der Waals surface area contributed by atoms with Gasteiger partial charge in [-0.05, 0) is 19.1 Å². The molecule has 0 aliphatic heterocycles. The topological polar surface area (TPSA) is 34.7 Å². The Morgan fingerprint density at radius 3 is 3.00 bits per heavy atom. The largest absolute Gasteiger partial charge is 0.469 e. The van der Waals surface area contributed by atoms with Crippen molar-refractivity contribution in [3.63, 3.8) is 0 Å².